The highest BCUT2D eigenvalue weighted by molar-refractivity contribution is 5.16. The van der Waals surface area contributed by atoms with Crippen molar-refractivity contribution in [1.82, 2.24) is 4.98 Å². The summed E-state index contributed by atoms with van der Waals surface area (Å²) in [6, 6.07) is 3.65. The van der Waals surface area contributed by atoms with Crippen LogP contribution in [0.2, 0.25) is 0 Å². The average Bonchev–Trinajstić information content (AvgIpc) is 2.17. The van der Waals surface area contributed by atoms with Crippen LogP contribution in [0.25, 0.3) is 0 Å². The Labute approximate surface area is 72.2 Å². The van der Waals surface area contributed by atoms with Crippen LogP contribution in [-0.2, 0) is 0 Å². The van der Waals surface area contributed by atoms with Crippen LogP contribution in [0.4, 0.5) is 0 Å². The maximum Gasteiger partial charge on any atom is 0.0588 e. The Morgan fingerprint density at radius 1 is 1.50 bits per heavy atom. The third-order valence-electron chi connectivity index (χ3n) is 2.08. The van der Waals surface area contributed by atoms with Crippen LogP contribution in [0, 0.1) is 0 Å². The molecule has 0 saturated carbocycles. The molecule has 0 spiro atoms. The van der Waals surface area contributed by atoms with Crippen molar-refractivity contribution in [1.29, 1.82) is 0 Å². The first-order valence-electron chi connectivity index (χ1n) is 4.02. The Kier molecular flexibility index (Phi) is 3.19. The van der Waals surface area contributed by atoms with Crippen LogP contribution in [0.5, 0.6) is 0 Å². The van der Waals surface area contributed by atoms with E-state index in [1.54, 1.807) is 12.4 Å². The fourth-order valence-electron chi connectivity index (χ4n) is 1.07. The molecule has 12 heavy (non-hydrogen) atoms. The Bertz CT molecular complexity index is 225. The molecule has 2 atom stereocenters. The van der Waals surface area contributed by atoms with E-state index < -0.39 is 0 Å². The number of hydrogen-bond acceptors (Lipinski definition) is 3. The molecule has 1 heterocycles. The van der Waals surface area contributed by atoms with Crippen molar-refractivity contribution in [2.24, 2.45) is 5.73 Å². The van der Waals surface area contributed by atoms with E-state index in [0.717, 1.165) is 5.56 Å². The van der Waals surface area contributed by atoms with Crippen molar-refractivity contribution >= 4 is 0 Å². The minimum absolute atomic E-state index is 0.0174. The van der Waals surface area contributed by atoms with Crippen molar-refractivity contribution in [3.63, 3.8) is 0 Å². The highest BCUT2D eigenvalue weighted by Crippen LogP contribution is 2.15. The highest BCUT2D eigenvalue weighted by Gasteiger charge is 2.12. The maximum atomic E-state index is 8.83. The molecule has 0 bridgehead atoms. The number of aliphatic hydroxyl groups excluding tert-OH is 1. The molecular formula is C9H14N2O. The Morgan fingerprint density at radius 2 is 2.08 bits per heavy atom. The summed E-state index contributed by atoms with van der Waals surface area (Å²) in [5.41, 5.74) is 6.80. The van der Waals surface area contributed by atoms with Gasteiger partial charge < -0.3 is 10.8 Å². The summed E-state index contributed by atoms with van der Waals surface area (Å²) in [6.07, 6.45) is 3.46. The normalized spacial score (nSPS) is 15.6. The number of aromatic nitrogens is 1. The molecule has 3 nitrogen and oxygen atoms in total. The second kappa shape index (κ2) is 4.18. The molecule has 0 radical (unpaired) electrons. The molecule has 0 amide bonds. The molecule has 1 aromatic rings. The first-order chi connectivity index (χ1) is 5.75. The van der Waals surface area contributed by atoms with E-state index in [0.29, 0.717) is 0 Å². The van der Waals surface area contributed by atoms with Gasteiger partial charge in [-0.2, -0.15) is 0 Å². The third-order valence-corrected chi connectivity index (χ3v) is 2.08. The molecule has 0 fully saturated rings. The van der Waals surface area contributed by atoms with Crippen molar-refractivity contribution in [2.45, 2.75) is 18.9 Å². The second-order valence-electron chi connectivity index (χ2n) is 2.92. The Hall–Kier alpha value is -0.930. The van der Waals surface area contributed by atoms with E-state index in [1.807, 2.05) is 19.1 Å². The van der Waals surface area contributed by atoms with E-state index >= 15 is 0 Å². The molecule has 0 aliphatic heterocycles. The topological polar surface area (TPSA) is 59.1 Å². The van der Waals surface area contributed by atoms with Gasteiger partial charge in [-0.1, -0.05) is 6.92 Å². The number of nitrogens with two attached hydrogens (primary N) is 1. The van der Waals surface area contributed by atoms with Crippen molar-refractivity contribution in [3.8, 4) is 0 Å². The van der Waals surface area contributed by atoms with E-state index in [1.165, 1.54) is 0 Å². The number of hydrogen-bond donors (Lipinski definition) is 2. The molecule has 0 aliphatic rings. The van der Waals surface area contributed by atoms with Gasteiger partial charge >= 0.3 is 0 Å². The van der Waals surface area contributed by atoms with Crippen LogP contribution < -0.4 is 5.73 Å². The van der Waals surface area contributed by atoms with Crippen molar-refractivity contribution in [3.05, 3.63) is 30.1 Å². The first kappa shape index (κ1) is 9.16. The molecule has 2 unspecified atom stereocenters. The molecule has 66 valence electrons. The quantitative estimate of drug-likeness (QED) is 0.687. The van der Waals surface area contributed by atoms with Gasteiger partial charge in [0.2, 0.25) is 0 Å². The van der Waals surface area contributed by atoms with Gasteiger partial charge in [0, 0.05) is 18.4 Å². The van der Waals surface area contributed by atoms with Gasteiger partial charge in [0.05, 0.1) is 6.61 Å². The molecule has 0 saturated heterocycles. The first-order valence-corrected chi connectivity index (χ1v) is 4.02. The predicted molar refractivity (Wildman–Crippen MR) is 47.7 cm³/mol. The van der Waals surface area contributed by atoms with Gasteiger partial charge in [-0.15, -0.1) is 0 Å². The number of pyridine rings is 1. The van der Waals surface area contributed by atoms with E-state index in [-0.39, 0.29) is 18.6 Å². The lowest BCUT2D eigenvalue weighted by atomic mass is 9.95. The Balaban J connectivity index is 2.71. The largest absolute Gasteiger partial charge is 0.395 e. The van der Waals surface area contributed by atoms with Gasteiger partial charge in [0.25, 0.3) is 0 Å². The van der Waals surface area contributed by atoms with Crippen molar-refractivity contribution in [2.75, 3.05) is 6.61 Å². The summed E-state index contributed by atoms with van der Waals surface area (Å²) in [5.74, 6) is 0.179. The highest BCUT2D eigenvalue weighted by atomic mass is 16.3. The maximum absolute atomic E-state index is 8.83. The lowest BCUT2D eigenvalue weighted by molar-refractivity contribution is 0.252. The predicted octanol–water partition coefficient (Wildman–Crippen LogP) is 0.505. The van der Waals surface area contributed by atoms with Gasteiger partial charge in [0.15, 0.2) is 0 Å². The average molecular weight is 166 g/mol. The molecule has 3 N–H and O–H groups in total. The van der Waals surface area contributed by atoms with Crippen LogP contribution >= 0.6 is 0 Å². The van der Waals surface area contributed by atoms with Gasteiger partial charge in [-0.05, 0) is 23.6 Å². The Morgan fingerprint density at radius 3 is 2.58 bits per heavy atom. The lowest BCUT2D eigenvalue weighted by Gasteiger charge is -2.17. The zero-order valence-electron chi connectivity index (χ0n) is 7.14. The molecule has 3 heteroatoms. The van der Waals surface area contributed by atoms with Gasteiger partial charge in [-0.3, -0.25) is 4.98 Å². The molecule has 0 aromatic carbocycles. The standard InChI is InChI=1S/C9H14N2O/c1-7(9(10)6-12)8-2-4-11-5-3-8/h2-5,7,9,12H,6,10H2,1H3. The summed E-state index contributed by atoms with van der Waals surface area (Å²) in [6.45, 7) is 2.01. The number of aliphatic hydroxyl groups is 1. The van der Waals surface area contributed by atoms with E-state index in [4.69, 9.17) is 10.8 Å². The van der Waals surface area contributed by atoms with Crippen LogP contribution in [0.15, 0.2) is 24.5 Å². The zero-order valence-corrected chi connectivity index (χ0v) is 7.14. The summed E-state index contributed by atoms with van der Waals surface area (Å²) < 4.78 is 0. The monoisotopic (exact) mass is 166 g/mol. The van der Waals surface area contributed by atoms with Crippen LogP contribution in [0.1, 0.15) is 18.4 Å². The lowest BCUT2D eigenvalue weighted by Crippen LogP contribution is -2.30. The summed E-state index contributed by atoms with van der Waals surface area (Å²) in [5, 5.41) is 8.83. The second-order valence-corrected chi connectivity index (χ2v) is 2.92. The van der Waals surface area contributed by atoms with Crippen LogP contribution in [-0.4, -0.2) is 22.7 Å². The van der Waals surface area contributed by atoms with Crippen molar-refractivity contribution < 1.29 is 5.11 Å². The summed E-state index contributed by atoms with van der Waals surface area (Å²) in [7, 11) is 0. The summed E-state index contributed by atoms with van der Waals surface area (Å²) >= 11 is 0. The van der Waals surface area contributed by atoms with Gasteiger partial charge in [0.1, 0.15) is 0 Å². The van der Waals surface area contributed by atoms with E-state index in [9.17, 15) is 0 Å². The molecular weight excluding hydrogens is 152 g/mol. The number of nitrogens with zero attached hydrogens (tertiary/aromatic N) is 1. The summed E-state index contributed by atoms with van der Waals surface area (Å²) in [4.78, 5) is 3.91. The molecule has 1 rings (SSSR count). The van der Waals surface area contributed by atoms with Gasteiger partial charge in [-0.25, -0.2) is 0 Å². The minimum Gasteiger partial charge on any atom is -0.395 e. The molecule has 1 aromatic heterocycles. The zero-order chi connectivity index (χ0) is 8.97. The fourth-order valence-corrected chi connectivity index (χ4v) is 1.07. The fraction of sp³-hybridized carbons (Fsp3) is 0.444. The smallest absolute Gasteiger partial charge is 0.0588 e. The minimum atomic E-state index is -0.188. The van der Waals surface area contributed by atoms with Crippen LogP contribution in [0.3, 0.4) is 0 Å². The number of rotatable bonds is 3. The SMILES string of the molecule is CC(c1ccncc1)C(N)CO. The third kappa shape index (κ3) is 2.03. The van der Waals surface area contributed by atoms with E-state index in [2.05, 4.69) is 4.98 Å². The molecule has 0 aliphatic carbocycles.